The van der Waals surface area contributed by atoms with E-state index in [9.17, 15) is 28.1 Å². The van der Waals surface area contributed by atoms with Gasteiger partial charge in [0.15, 0.2) is 4.34 Å². The minimum atomic E-state index is -4.85. The van der Waals surface area contributed by atoms with Crippen LogP contribution in [0, 0.1) is 10.1 Å². The first-order valence-corrected chi connectivity index (χ1v) is 9.86. The number of hydrogen-bond acceptors (Lipinski definition) is 8. The Balaban J connectivity index is 1.98. The molecular weight excluding hydrogens is 419 g/mol. The number of amides is 1. The number of nitro groups is 1. The molecule has 28 heavy (non-hydrogen) atoms. The molecule has 13 heteroatoms. The average molecular weight is 435 g/mol. The van der Waals surface area contributed by atoms with Crippen molar-refractivity contribution in [3.8, 4) is 0 Å². The Bertz CT molecular complexity index is 845. The van der Waals surface area contributed by atoms with E-state index in [0.717, 1.165) is 43.3 Å². The van der Waals surface area contributed by atoms with Crippen molar-refractivity contribution < 1.29 is 22.9 Å². The van der Waals surface area contributed by atoms with Gasteiger partial charge in [-0.05, 0) is 12.5 Å². The molecule has 0 fully saturated rings. The van der Waals surface area contributed by atoms with Gasteiger partial charge in [-0.3, -0.25) is 14.9 Å². The number of non-ortho nitro benzene ring substituents is 1. The lowest BCUT2D eigenvalue weighted by atomic mass is 10.1. The monoisotopic (exact) mass is 435 g/mol. The number of thioether (sulfide) groups is 1. The lowest BCUT2D eigenvalue weighted by Gasteiger charge is -2.13. The van der Waals surface area contributed by atoms with Crippen LogP contribution in [0.4, 0.5) is 29.7 Å². The molecule has 0 unspecified atom stereocenters. The molecule has 2 aromatic rings. The van der Waals surface area contributed by atoms with Crippen LogP contribution in [0.3, 0.4) is 0 Å². The molecule has 1 aromatic heterocycles. The van der Waals surface area contributed by atoms with E-state index in [1.54, 1.807) is 0 Å². The molecule has 1 heterocycles. The molecule has 0 saturated heterocycles. The first-order valence-electron chi connectivity index (χ1n) is 8.06. The van der Waals surface area contributed by atoms with Crippen molar-refractivity contribution in [3.63, 3.8) is 0 Å². The summed E-state index contributed by atoms with van der Waals surface area (Å²) in [6.45, 7) is 2.80. The molecule has 0 atom stereocenters. The Labute approximate surface area is 166 Å². The number of nitro benzene ring substituents is 1. The number of anilines is 2. The van der Waals surface area contributed by atoms with E-state index in [2.05, 4.69) is 27.8 Å². The third kappa shape index (κ3) is 6.34. The number of benzene rings is 1. The van der Waals surface area contributed by atoms with E-state index in [1.807, 2.05) is 0 Å². The highest BCUT2D eigenvalue weighted by Gasteiger charge is 2.35. The third-order valence-corrected chi connectivity index (χ3v) is 5.35. The minimum Gasteiger partial charge on any atom is -0.360 e. The van der Waals surface area contributed by atoms with Gasteiger partial charge >= 0.3 is 6.18 Å². The second-order valence-electron chi connectivity index (χ2n) is 5.48. The van der Waals surface area contributed by atoms with Crippen molar-refractivity contribution in [1.29, 1.82) is 0 Å². The van der Waals surface area contributed by atoms with Gasteiger partial charge in [-0.15, -0.1) is 10.2 Å². The van der Waals surface area contributed by atoms with Crippen LogP contribution in [0.5, 0.6) is 0 Å². The Morgan fingerprint density at radius 1 is 1.36 bits per heavy atom. The number of rotatable bonds is 9. The molecule has 0 aliphatic carbocycles. The summed E-state index contributed by atoms with van der Waals surface area (Å²) in [6, 6.07) is 2.16. The van der Waals surface area contributed by atoms with Gasteiger partial charge in [-0.2, -0.15) is 13.2 Å². The Morgan fingerprint density at radius 3 is 2.75 bits per heavy atom. The summed E-state index contributed by atoms with van der Waals surface area (Å²) in [5.41, 5.74) is -2.53. The highest BCUT2D eigenvalue weighted by atomic mass is 32.2. The van der Waals surface area contributed by atoms with Gasteiger partial charge in [0.25, 0.3) is 5.69 Å². The van der Waals surface area contributed by atoms with Crippen molar-refractivity contribution in [1.82, 2.24) is 10.2 Å². The molecule has 2 rings (SSSR count). The molecule has 8 nitrogen and oxygen atoms in total. The standard InChI is InChI=1S/C15H16F3N5O3S2/c1-2-3-6-19-13-21-22-14(28-13)27-8-12(24)20-11-5-4-9(23(25)26)7-10(11)15(16,17)18/h4-5,7H,2-3,6,8H2,1H3,(H,19,21)(H,20,24). The van der Waals surface area contributed by atoms with E-state index < -0.39 is 33.9 Å². The van der Waals surface area contributed by atoms with Gasteiger partial charge in [0.1, 0.15) is 0 Å². The van der Waals surface area contributed by atoms with Gasteiger partial charge in [0, 0.05) is 18.7 Å². The van der Waals surface area contributed by atoms with E-state index in [0.29, 0.717) is 15.5 Å². The lowest BCUT2D eigenvalue weighted by Crippen LogP contribution is -2.18. The largest absolute Gasteiger partial charge is 0.418 e. The van der Waals surface area contributed by atoms with E-state index in [4.69, 9.17) is 0 Å². The molecule has 0 bridgehead atoms. The average Bonchev–Trinajstić information content (AvgIpc) is 3.07. The molecular formula is C15H16F3N5O3S2. The number of nitrogens with zero attached hydrogens (tertiary/aromatic N) is 3. The topological polar surface area (TPSA) is 110 Å². The number of alkyl halides is 3. The zero-order chi connectivity index (χ0) is 20.7. The molecule has 0 radical (unpaired) electrons. The number of unbranched alkanes of at least 4 members (excludes halogenated alkanes) is 1. The second kappa shape index (κ2) is 9.68. The summed E-state index contributed by atoms with van der Waals surface area (Å²) in [5.74, 6) is -0.877. The first kappa shape index (κ1) is 21.9. The summed E-state index contributed by atoms with van der Waals surface area (Å²) in [5, 5.41) is 24.3. The third-order valence-electron chi connectivity index (χ3n) is 3.33. The van der Waals surface area contributed by atoms with Crippen LogP contribution < -0.4 is 10.6 Å². The molecule has 1 amide bonds. The smallest absolute Gasteiger partial charge is 0.360 e. The fraction of sp³-hybridized carbons (Fsp3) is 0.400. The normalized spacial score (nSPS) is 11.3. The predicted molar refractivity (Wildman–Crippen MR) is 101 cm³/mol. The second-order valence-corrected chi connectivity index (χ2v) is 7.68. The maximum atomic E-state index is 13.1. The maximum Gasteiger partial charge on any atom is 0.418 e. The van der Waals surface area contributed by atoms with Gasteiger partial charge in [-0.25, -0.2) is 0 Å². The fourth-order valence-corrected chi connectivity index (χ4v) is 3.59. The molecule has 0 spiro atoms. The number of hydrogen-bond donors (Lipinski definition) is 2. The van der Waals surface area contributed by atoms with Crippen molar-refractivity contribution in [2.24, 2.45) is 0 Å². The number of halogens is 3. The van der Waals surface area contributed by atoms with Crippen LogP contribution in [0.1, 0.15) is 25.3 Å². The molecule has 0 saturated carbocycles. The van der Waals surface area contributed by atoms with Gasteiger partial charge in [0.05, 0.1) is 21.9 Å². The van der Waals surface area contributed by atoms with Crippen molar-refractivity contribution >= 4 is 45.5 Å². The van der Waals surface area contributed by atoms with E-state index in [-0.39, 0.29) is 5.75 Å². The molecule has 0 aliphatic heterocycles. The number of carbonyl (C=O) groups excluding carboxylic acids is 1. The van der Waals surface area contributed by atoms with Crippen molar-refractivity contribution in [2.45, 2.75) is 30.3 Å². The Hall–Kier alpha value is -2.41. The van der Waals surface area contributed by atoms with Crippen LogP contribution in [0.25, 0.3) is 0 Å². The van der Waals surface area contributed by atoms with Gasteiger partial charge in [-0.1, -0.05) is 36.4 Å². The molecule has 0 aliphatic rings. The molecule has 2 N–H and O–H groups in total. The molecule has 1 aromatic carbocycles. The Kier molecular flexibility index (Phi) is 7.57. The summed E-state index contributed by atoms with van der Waals surface area (Å²) in [4.78, 5) is 21.8. The lowest BCUT2D eigenvalue weighted by molar-refractivity contribution is -0.385. The number of carbonyl (C=O) groups is 1. The van der Waals surface area contributed by atoms with Crippen LogP contribution in [-0.4, -0.2) is 33.3 Å². The number of aromatic nitrogens is 2. The van der Waals surface area contributed by atoms with Crippen molar-refractivity contribution in [3.05, 3.63) is 33.9 Å². The van der Waals surface area contributed by atoms with Crippen LogP contribution in [0.2, 0.25) is 0 Å². The summed E-state index contributed by atoms with van der Waals surface area (Å²) in [6.07, 6.45) is -2.85. The maximum absolute atomic E-state index is 13.1. The summed E-state index contributed by atoms with van der Waals surface area (Å²) in [7, 11) is 0. The summed E-state index contributed by atoms with van der Waals surface area (Å²) < 4.78 is 39.9. The summed E-state index contributed by atoms with van der Waals surface area (Å²) >= 11 is 2.27. The van der Waals surface area contributed by atoms with Crippen LogP contribution in [-0.2, 0) is 11.0 Å². The van der Waals surface area contributed by atoms with Crippen LogP contribution in [0.15, 0.2) is 22.5 Å². The quantitative estimate of drug-likeness (QED) is 0.260. The molecule has 152 valence electrons. The van der Waals surface area contributed by atoms with Crippen molar-refractivity contribution in [2.75, 3.05) is 22.9 Å². The van der Waals surface area contributed by atoms with Gasteiger partial charge < -0.3 is 10.6 Å². The zero-order valence-electron chi connectivity index (χ0n) is 14.6. The first-order chi connectivity index (χ1) is 13.2. The highest BCUT2D eigenvalue weighted by Crippen LogP contribution is 2.37. The fourth-order valence-electron chi connectivity index (χ4n) is 2.01. The SMILES string of the molecule is CCCCNc1nnc(SCC(=O)Nc2ccc([N+](=O)[O-])cc2C(F)(F)F)s1. The zero-order valence-corrected chi connectivity index (χ0v) is 16.2. The highest BCUT2D eigenvalue weighted by molar-refractivity contribution is 8.01. The minimum absolute atomic E-state index is 0.183. The van der Waals surface area contributed by atoms with E-state index >= 15 is 0 Å². The Morgan fingerprint density at radius 2 is 2.11 bits per heavy atom. The van der Waals surface area contributed by atoms with E-state index in [1.165, 1.54) is 11.3 Å². The predicted octanol–water partition coefficient (Wildman–Crippen LogP) is 4.41. The van der Waals surface area contributed by atoms with Gasteiger partial charge in [0.2, 0.25) is 11.0 Å². The number of nitrogens with one attached hydrogen (secondary N) is 2. The van der Waals surface area contributed by atoms with Crippen LogP contribution >= 0.6 is 23.1 Å².